The van der Waals surface area contributed by atoms with E-state index in [2.05, 4.69) is 19.6 Å². The van der Waals surface area contributed by atoms with E-state index < -0.39 is 0 Å². The van der Waals surface area contributed by atoms with Crippen LogP contribution in [0.4, 0.5) is 0 Å². The second-order valence-electron chi connectivity index (χ2n) is 4.11. The molecule has 0 aliphatic heterocycles. The number of unbranched alkanes of at least 4 members (excludes halogenated alkanes) is 1. The van der Waals surface area contributed by atoms with Gasteiger partial charge < -0.3 is 14.7 Å². The predicted molar refractivity (Wildman–Crippen MR) is 67.3 cm³/mol. The molecule has 0 unspecified atom stereocenters. The number of nitrogens with zero attached hydrogens (tertiary/aromatic N) is 1. The molecule has 0 bridgehead atoms. The Morgan fingerprint density at radius 3 is 1.87 bits per heavy atom. The molecule has 4 heteroatoms. The molecule has 0 rings (SSSR count). The van der Waals surface area contributed by atoms with Crippen molar-refractivity contribution in [2.24, 2.45) is 0 Å². The average Bonchev–Trinajstić information content (AvgIpc) is 2.24. The molecule has 0 saturated heterocycles. The van der Waals surface area contributed by atoms with Crippen LogP contribution in [-0.4, -0.2) is 59.8 Å². The molecule has 0 aromatic carbocycles. The van der Waals surface area contributed by atoms with E-state index in [1.165, 1.54) is 0 Å². The lowest BCUT2D eigenvalue weighted by Crippen LogP contribution is -2.53. The van der Waals surface area contributed by atoms with Crippen LogP contribution in [-0.2, 0) is 0 Å². The molecule has 0 spiro atoms. The summed E-state index contributed by atoms with van der Waals surface area (Å²) >= 11 is 4.22. The topological polar surface area (TPSA) is 40.5 Å². The lowest BCUT2D eigenvalue weighted by atomic mass is 10.2. The molecule has 0 saturated carbocycles. The van der Waals surface area contributed by atoms with Crippen LogP contribution in [0.5, 0.6) is 0 Å². The van der Waals surface area contributed by atoms with Gasteiger partial charge in [-0.1, -0.05) is 13.3 Å². The van der Waals surface area contributed by atoms with E-state index in [0.717, 1.165) is 55.7 Å². The number of aliphatic hydroxyl groups excluding tert-OH is 2. The van der Waals surface area contributed by atoms with Crippen LogP contribution >= 0.6 is 12.6 Å². The third-order valence-corrected chi connectivity index (χ3v) is 3.24. The molecular weight excluding hydrogens is 210 g/mol. The average molecular weight is 236 g/mol. The normalized spacial score (nSPS) is 12.0. The maximum atomic E-state index is 9.11. The van der Waals surface area contributed by atoms with Crippen LogP contribution < -0.4 is 0 Å². The lowest BCUT2D eigenvalue weighted by Gasteiger charge is -2.38. The largest absolute Gasteiger partial charge is 0.391 e. The van der Waals surface area contributed by atoms with Crippen LogP contribution in [0.1, 0.15) is 26.2 Å². The quantitative estimate of drug-likeness (QED) is 0.390. The fourth-order valence-electron chi connectivity index (χ4n) is 1.99. The molecule has 0 fully saturated rings. The molecule has 0 aromatic rings. The predicted octanol–water partition coefficient (Wildman–Crippen LogP) is 0.908. The summed E-state index contributed by atoms with van der Waals surface area (Å²) in [5, 5.41) is 18.2. The van der Waals surface area contributed by atoms with Gasteiger partial charge in [-0.3, -0.25) is 0 Å². The second kappa shape index (κ2) is 9.46. The smallest absolute Gasteiger partial charge is 0.102 e. The highest BCUT2D eigenvalue weighted by molar-refractivity contribution is 7.80. The Hall–Kier alpha value is 0.230. The number of quaternary nitrogens is 1. The Kier molecular flexibility index (Phi) is 9.60. The second-order valence-corrected chi connectivity index (χ2v) is 4.56. The van der Waals surface area contributed by atoms with E-state index in [1.807, 2.05) is 0 Å². The van der Waals surface area contributed by atoms with Gasteiger partial charge in [0.1, 0.15) is 13.1 Å². The fraction of sp³-hybridized carbons (Fsp3) is 1.00. The number of rotatable bonds is 10. The summed E-state index contributed by atoms with van der Waals surface area (Å²) in [6.45, 7) is 6.18. The summed E-state index contributed by atoms with van der Waals surface area (Å²) in [5.74, 6) is 0.878. The SMILES string of the molecule is CCCC[N+](CCO)(CCO)CCCS. The minimum atomic E-state index is 0.205. The van der Waals surface area contributed by atoms with Crippen LogP contribution in [0, 0.1) is 0 Å². The molecule has 0 aliphatic rings. The molecule has 92 valence electrons. The van der Waals surface area contributed by atoms with Crippen molar-refractivity contribution in [1.82, 2.24) is 0 Å². The fourth-order valence-corrected chi connectivity index (χ4v) is 2.14. The minimum absolute atomic E-state index is 0.205. The maximum Gasteiger partial charge on any atom is 0.102 e. The third-order valence-electron chi connectivity index (χ3n) is 2.93. The Labute approximate surface area is 99.1 Å². The van der Waals surface area contributed by atoms with E-state index >= 15 is 0 Å². The van der Waals surface area contributed by atoms with Crippen LogP contribution in [0.25, 0.3) is 0 Å². The van der Waals surface area contributed by atoms with E-state index in [0.29, 0.717) is 0 Å². The summed E-state index contributed by atoms with van der Waals surface area (Å²) < 4.78 is 0.849. The summed E-state index contributed by atoms with van der Waals surface area (Å²) in [5.41, 5.74) is 0. The number of aliphatic hydroxyl groups is 2. The van der Waals surface area contributed by atoms with Crippen molar-refractivity contribution in [1.29, 1.82) is 0 Å². The highest BCUT2D eigenvalue weighted by Crippen LogP contribution is 2.11. The first-order valence-corrected chi connectivity index (χ1v) is 6.55. The molecule has 0 atom stereocenters. The van der Waals surface area contributed by atoms with Crippen molar-refractivity contribution in [3.63, 3.8) is 0 Å². The Morgan fingerprint density at radius 1 is 0.933 bits per heavy atom. The van der Waals surface area contributed by atoms with Crippen molar-refractivity contribution in [3.8, 4) is 0 Å². The van der Waals surface area contributed by atoms with Crippen molar-refractivity contribution >= 4 is 12.6 Å². The maximum absolute atomic E-state index is 9.11. The van der Waals surface area contributed by atoms with Crippen molar-refractivity contribution in [2.45, 2.75) is 26.2 Å². The Bertz CT molecular complexity index is 129. The highest BCUT2D eigenvalue weighted by Gasteiger charge is 2.24. The van der Waals surface area contributed by atoms with Gasteiger partial charge in [0.2, 0.25) is 0 Å². The van der Waals surface area contributed by atoms with Crippen LogP contribution in [0.15, 0.2) is 0 Å². The lowest BCUT2D eigenvalue weighted by molar-refractivity contribution is -0.928. The van der Waals surface area contributed by atoms with Gasteiger partial charge in [0, 0.05) is 6.42 Å². The van der Waals surface area contributed by atoms with Crippen molar-refractivity contribution in [3.05, 3.63) is 0 Å². The van der Waals surface area contributed by atoms with Gasteiger partial charge in [0.15, 0.2) is 0 Å². The molecule has 0 aliphatic carbocycles. The first-order chi connectivity index (χ1) is 7.24. The highest BCUT2D eigenvalue weighted by atomic mass is 32.1. The number of hydrogen-bond acceptors (Lipinski definition) is 3. The van der Waals surface area contributed by atoms with Crippen LogP contribution in [0.3, 0.4) is 0 Å². The zero-order valence-electron chi connectivity index (χ0n) is 9.86. The van der Waals surface area contributed by atoms with Crippen molar-refractivity contribution < 1.29 is 14.7 Å². The van der Waals surface area contributed by atoms with E-state index in [1.54, 1.807) is 0 Å². The Balaban J connectivity index is 4.26. The summed E-state index contributed by atoms with van der Waals surface area (Å²) in [7, 11) is 0. The van der Waals surface area contributed by atoms with E-state index in [4.69, 9.17) is 10.2 Å². The van der Waals surface area contributed by atoms with Crippen LogP contribution in [0.2, 0.25) is 0 Å². The number of hydrogen-bond donors (Lipinski definition) is 3. The molecular formula is C11H26NO2S+. The summed E-state index contributed by atoms with van der Waals surface area (Å²) in [4.78, 5) is 0. The monoisotopic (exact) mass is 236 g/mol. The molecule has 0 aromatic heterocycles. The zero-order valence-corrected chi connectivity index (χ0v) is 10.8. The van der Waals surface area contributed by atoms with Gasteiger partial charge in [-0.2, -0.15) is 12.6 Å². The third kappa shape index (κ3) is 6.40. The first kappa shape index (κ1) is 15.2. The van der Waals surface area contributed by atoms with Gasteiger partial charge in [0.25, 0.3) is 0 Å². The molecule has 0 radical (unpaired) electrons. The minimum Gasteiger partial charge on any atom is -0.391 e. The molecule has 0 amide bonds. The van der Waals surface area contributed by atoms with Gasteiger partial charge in [0.05, 0.1) is 26.3 Å². The molecule has 15 heavy (non-hydrogen) atoms. The zero-order chi connectivity index (χ0) is 11.6. The number of thiol groups is 1. The summed E-state index contributed by atoms with van der Waals surface area (Å²) in [6.07, 6.45) is 3.37. The molecule has 2 N–H and O–H groups in total. The molecule has 0 heterocycles. The van der Waals surface area contributed by atoms with E-state index in [-0.39, 0.29) is 13.2 Å². The standard InChI is InChI=1S/C11H25NO2S/c1-2-3-5-12(7-9-13,8-10-14)6-4-11-15/h13-14H,2-11H2,1H3/p+1. The van der Waals surface area contributed by atoms with Gasteiger partial charge >= 0.3 is 0 Å². The Morgan fingerprint density at radius 2 is 1.47 bits per heavy atom. The van der Waals surface area contributed by atoms with Gasteiger partial charge in [-0.15, -0.1) is 0 Å². The van der Waals surface area contributed by atoms with Gasteiger partial charge in [-0.05, 0) is 12.2 Å². The van der Waals surface area contributed by atoms with Gasteiger partial charge in [-0.25, -0.2) is 0 Å². The first-order valence-electron chi connectivity index (χ1n) is 5.92. The van der Waals surface area contributed by atoms with E-state index in [9.17, 15) is 0 Å². The molecule has 3 nitrogen and oxygen atoms in total. The van der Waals surface area contributed by atoms with Crippen molar-refractivity contribution in [2.75, 3.05) is 45.1 Å². The summed E-state index contributed by atoms with van der Waals surface area (Å²) in [6, 6.07) is 0.